The monoisotopic (exact) mass is 510 g/mol. The quantitative estimate of drug-likeness (QED) is 0.228. The van der Waals surface area contributed by atoms with Crippen LogP contribution in [0.5, 0.6) is 5.75 Å². The average molecular weight is 511 g/mol. The van der Waals surface area contributed by atoms with E-state index in [1.54, 1.807) is 18.6 Å². The van der Waals surface area contributed by atoms with Crippen molar-refractivity contribution in [3.05, 3.63) is 102 Å². The van der Waals surface area contributed by atoms with Gasteiger partial charge in [-0.15, -0.1) is 0 Å². The molecular formula is C32H35FN4O. The molecule has 0 amide bonds. The van der Waals surface area contributed by atoms with Crippen molar-refractivity contribution in [2.24, 2.45) is 16.1 Å². The second-order valence-electron chi connectivity index (χ2n) is 10.9. The Bertz CT molecular complexity index is 1430. The molecule has 6 heteroatoms. The summed E-state index contributed by atoms with van der Waals surface area (Å²) in [5, 5.41) is 1.10. The topological polar surface area (TPSA) is 73.4 Å². The molecule has 0 aliphatic heterocycles. The van der Waals surface area contributed by atoms with E-state index in [1.807, 2.05) is 94.4 Å². The van der Waals surface area contributed by atoms with E-state index in [9.17, 15) is 4.39 Å². The lowest BCUT2D eigenvalue weighted by Crippen LogP contribution is -2.28. The Morgan fingerprint density at radius 2 is 1.63 bits per heavy atom. The van der Waals surface area contributed by atoms with Gasteiger partial charge >= 0.3 is 0 Å². The van der Waals surface area contributed by atoms with Crippen LogP contribution in [0, 0.1) is 5.41 Å². The normalized spacial score (nSPS) is 13.1. The molecule has 0 bridgehead atoms. The highest BCUT2D eigenvalue weighted by molar-refractivity contribution is 6.18. The fourth-order valence-electron chi connectivity index (χ4n) is 4.57. The van der Waals surface area contributed by atoms with Crippen LogP contribution in [0.2, 0.25) is 0 Å². The van der Waals surface area contributed by atoms with E-state index in [0.717, 1.165) is 39.0 Å². The van der Waals surface area contributed by atoms with E-state index in [4.69, 9.17) is 15.5 Å². The lowest BCUT2D eigenvalue weighted by atomic mass is 9.81. The zero-order chi connectivity index (χ0) is 27.2. The molecule has 38 heavy (non-hydrogen) atoms. The molecule has 196 valence electrons. The van der Waals surface area contributed by atoms with Crippen LogP contribution in [0.3, 0.4) is 0 Å². The van der Waals surface area contributed by atoms with Crippen molar-refractivity contribution in [3.63, 3.8) is 0 Å². The molecule has 0 unspecified atom stereocenters. The second-order valence-corrected chi connectivity index (χ2v) is 10.9. The number of rotatable bonds is 10. The maximum atomic E-state index is 13.5. The number of pyridine rings is 2. The van der Waals surface area contributed by atoms with Gasteiger partial charge in [0, 0.05) is 35.3 Å². The van der Waals surface area contributed by atoms with E-state index >= 15 is 0 Å². The maximum Gasteiger partial charge on any atom is 0.130 e. The molecule has 0 atom stereocenters. The molecule has 4 aromatic rings. The summed E-state index contributed by atoms with van der Waals surface area (Å²) < 4.78 is 19.4. The van der Waals surface area contributed by atoms with Gasteiger partial charge in [0.25, 0.3) is 0 Å². The summed E-state index contributed by atoms with van der Waals surface area (Å²) in [6.45, 7) is 7.83. The van der Waals surface area contributed by atoms with Gasteiger partial charge in [-0.3, -0.25) is 14.4 Å². The van der Waals surface area contributed by atoms with Crippen molar-refractivity contribution in [3.8, 4) is 5.75 Å². The van der Waals surface area contributed by atoms with Crippen LogP contribution in [-0.4, -0.2) is 28.4 Å². The first-order chi connectivity index (χ1) is 18.2. The van der Waals surface area contributed by atoms with Crippen LogP contribution >= 0.6 is 0 Å². The Morgan fingerprint density at radius 3 is 2.34 bits per heavy atom. The molecule has 4 rings (SSSR count). The van der Waals surface area contributed by atoms with Gasteiger partial charge in [0.15, 0.2) is 0 Å². The number of halogens is 1. The van der Waals surface area contributed by atoms with Crippen molar-refractivity contribution >= 4 is 28.4 Å². The van der Waals surface area contributed by atoms with Gasteiger partial charge in [0.05, 0.1) is 23.4 Å². The molecule has 0 saturated heterocycles. The van der Waals surface area contributed by atoms with Gasteiger partial charge in [0.1, 0.15) is 12.4 Å². The van der Waals surface area contributed by atoms with Crippen LogP contribution in [-0.2, 0) is 6.61 Å². The Kier molecular flexibility index (Phi) is 8.20. The van der Waals surface area contributed by atoms with Gasteiger partial charge < -0.3 is 10.5 Å². The van der Waals surface area contributed by atoms with Gasteiger partial charge in [-0.2, -0.15) is 0 Å². The van der Waals surface area contributed by atoms with E-state index < -0.39 is 17.6 Å². The molecule has 0 saturated carbocycles. The van der Waals surface area contributed by atoms with Gasteiger partial charge in [-0.25, -0.2) is 4.98 Å². The molecular weight excluding hydrogens is 475 g/mol. The smallest absolute Gasteiger partial charge is 0.130 e. The average Bonchev–Trinajstić information content (AvgIpc) is 2.92. The summed E-state index contributed by atoms with van der Waals surface area (Å²) in [6, 6.07) is 23.5. The van der Waals surface area contributed by atoms with E-state index in [1.165, 1.54) is 0 Å². The Balaban J connectivity index is 1.55. The molecule has 0 aliphatic carbocycles. The first-order valence-electron chi connectivity index (χ1n) is 12.8. The van der Waals surface area contributed by atoms with E-state index in [-0.39, 0.29) is 0 Å². The molecule has 0 radical (unpaired) electrons. The van der Waals surface area contributed by atoms with Crippen molar-refractivity contribution in [2.75, 3.05) is 6.67 Å². The van der Waals surface area contributed by atoms with Gasteiger partial charge in [0.2, 0.25) is 0 Å². The minimum atomic E-state index is -0.456. The minimum Gasteiger partial charge on any atom is -0.487 e. The number of ether oxygens (including phenoxy) is 1. The number of para-hydroxylation sites is 1. The number of aliphatic imine (C=N–C) groups is 1. The molecule has 5 nitrogen and oxygen atoms in total. The highest BCUT2D eigenvalue weighted by Gasteiger charge is 2.28. The van der Waals surface area contributed by atoms with Crippen LogP contribution in [0.15, 0.2) is 90.2 Å². The van der Waals surface area contributed by atoms with Crippen molar-refractivity contribution < 1.29 is 9.13 Å². The Hall–Kier alpha value is -4.06. The Morgan fingerprint density at radius 1 is 0.921 bits per heavy atom. The molecule has 2 aromatic carbocycles. The zero-order valence-corrected chi connectivity index (χ0v) is 22.5. The molecule has 0 fully saturated rings. The second kappa shape index (κ2) is 11.5. The molecule has 2 aromatic heterocycles. The molecule has 0 spiro atoms. The number of alkyl halides is 1. The maximum absolute atomic E-state index is 13.5. The fourth-order valence-corrected chi connectivity index (χ4v) is 4.57. The SMILES string of the molecule is CC(C)(CF)CC(C)(C)N=CC(=C(N)c1ccc(OCc2ccc3ccccc3n2)cc1)c1ccncc1. The van der Waals surface area contributed by atoms with Gasteiger partial charge in [-0.1, -0.05) is 38.1 Å². The van der Waals surface area contributed by atoms with E-state index in [2.05, 4.69) is 16.0 Å². The first-order valence-corrected chi connectivity index (χ1v) is 12.8. The number of benzene rings is 2. The number of hydrogen-bond donors (Lipinski definition) is 1. The zero-order valence-electron chi connectivity index (χ0n) is 22.5. The summed E-state index contributed by atoms with van der Waals surface area (Å²) in [7, 11) is 0. The lowest BCUT2D eigenvalue weighted by molar-refractivity contribution is 0.199. The van der Waals surface area contributed by atoms with E-state index in [0.29, 0.717) is 18.7 Å². The molecule has 0 aliphatic rings. The third-order valence-corrected chi connectivity index (χ3v) is 6.31. The van der Waals surface area contributed by atoms with Crippen LogP contribution in [0.1, 0.15) is 50.9 Å². The minimum absolute atomic E-state index is 0.370. The van der Waals surface area contributed by atoms with Crippen molar-refractivity contribution in [1.29, 1.82) is 0 Å². The third-order valence-electron chi connectivity index (χ3n) is 6.31. The molecule has 2 N–H and O–H groups in total. The predicted molar refractivity (Wildman–Crippen MR) is 155 cm³/mol. The highest BCUT2D eigenvalue weighted by Crippen LogP contribution is 2.31. The van der Waals surface area contributed by atoms with Crippen molar-refractivity contribution in [2.45, 2.75) is 46.3 Å². The summed E-state index contributed by atoms with van der Waals surface area (Å²) in [5.41, 5.74) is 10.7. The Labute approximate surface area is 224 Å². The highest BCUT2D eigenvalue weighted by atomic mass is 19.1. The standard InChI is InChI=1S/C32H35FN4O/c1-31(2,22-33)21-32(3,4)36-19-28(23-15-17-35-18-16-23)30(34)25-10-13-27(14-11-25)38-20-26-12-9-24-7-5-6-8-29(24)37-26/h5-19H,20-22,34H2,1-4H3. The predicted octanol–water partition coefficient (Wildman–Crippen LogP) is 7.27. The van der Waals surface area contributed by atoms with Crippen LogP contribution in [0.4, 0.5) is 4.39 Å². The first kappa shape index (κ1) is 27.0. The third kappa shape index (κ3) is 7.03. The number of allylic oxidation sites excluding steroid dienone is 1. The number of aromatic nitrogens is 2. The summed E-state index contributed by atoms with van der Waals surface area (Å²) >= 11 is 0. The number of nitrogens with two attached hydrogens (primary N) is 1. The van der Waals surface area contributed by atoms with Crippen LogP contribution < -0.4 is 10.5 Å². The van der Waals surface area contributed by atoms with Gasteiger partial charge in [-0.05, 0) is 85.3 Å². The summed E-state index contributed by atoms with van der Waals surface area (Å²) in [4.78, 5) is 13.6. The number of hydrogen-bond acceptors (Lipinski definition) is 5. The fraction of sp³-hybridized carbons (Fsp3) is 0.281. The summed E-state index contributed by atoms with van der Waals surface area (Å²) in [5.74, 6) is 0.727. The van der Waals surface area contributed by atoms with Crippen LogP contribution in [0.25, 0.3) is 22.2 Å². The largest absolute Gasteiger partial charge is 0.487 e. The number of fused-ring (bicyclic) bond motifs is 1. The van der Waals surface area contributed by atoms with Crippen molar-refractivity contribution in [1.82, 2.24) is 9.97 Å². The number of nitrogens with zero attached hydrogens (tertiary/aromatic N) is 3. The molecule has 2 heterocycles. The summed E-state index contributed by atoms with van der Waals surface area (Å²) in [6.07, 6.45) is 5.86. The lowest BCUT2D eigenvalue weighted by Gasteiger charge is -2.30.